The van der Waals surface area contributed by atoms with Crippen LogP contribution in [0.1, 0.15) is 31.2 Å². The largest absolute Gasteiger partial charge is 0.497 e. The van der Waals surface area contributed by atoms with E-state index in [1.54, 1.807) is 7.11 Å². The van der Waals surface area contributed by atoms with Gasteiger partial charge in [-0.25, -0.2) is 0 Å². The van der Waals surface area contributed by atoms with Crippen molar-refractivity contribution in [1.82, 2.24) is 5.32 Å². The number of ether oxygens (including phenoxy) is 1. The Morgan fingerprint density at radius 3 is 2.89 bits per heavy atom. The summed E-state index contributed by atoms with van der Waals surface area (Å²) in [6.45, 7) is 0.686. The molecule has 0 aromatic heterocycles. The van der Waals surface area contributed by atoms with Gasteiger partial charge < -0.3 is 15.2 Å². The van der Waals surface area contributed by atoms with Gasteiger partial charge in [0.1, 0.15) is 5.75 Å². The second kappa shape index (κ2) is 6.57. The fraction of sp³-hybridized carbons (Fsp3) is 0.533. The molecule has 1 unspecified atom stereocenters. The van der Waals surface area contributed by atoms with Crippen LogP contribution in [-0.2, 0) is 11.3 Å². The zero-order valence-electron chi connectivity index (χ0n) is 11.3. The van der Waals surface area contributed by atoms with Crippen molar-refractivity contribution in [1.29, 1.82) is 0 Å². The van der Waals surface area contributed by atoms with Crippen molar-refractivity contribution in [3.05, 3.63) is 29.8 Å². The lowest BCUT2D eigenvalue weighted by molar-refractivity contribution is -0.138. The molecule has 2 N–H and O–H groups in total. The third kappa shape index (κ3) is 3.96. The van der Waals surface area contributed by atoms with E-state index >= 15 is 0 Å². The molecule has 0 aliphatic heterocycles. The predicted octanol–water partition coefficient (Wildman–Crippen LogP) is 2.43. The van der Waals surface area contributed by atoms with Gasteiger partial charge in [0, 0.05) is 12.6 Å². The Bertz CT molecular complexity index is 429. The van der Waals surface area contributed by atoms with E-state index in [2.05, 4.69) is 5.32 Å². The van der Waals surface area contributed by atoms with Gasteiger partial charge in [0.2, 0.25) is 0 Å². The number of carboxylic acids is 1. The standard InChI is InChI=1S/C15H21NO3/c1-19-13-7-2-4-11(8-13)10-16-14(9-15(17)18)12-5-3-6-12/h2,4,7-8,12,14,16H,3,5-6,9-10H2,1H3,(H,17,18). The molecule has 0 radical (unpaired) electrons. The lowest BCUT2D eigenvalue weighted by Crippen LogP contribution is -2.40. The molecule has 0 spiro atoms. The fourth-order valence-corrected chi connectivity index (χ4v) is 2.47. The molecular weight excluding hydrogens is 242 g/mol. The molecule has 104 valence electrons. The van der Waals surface area contributed by atoms with Gasteiger partial charge >= 0.3 is 5.97 Å². The summed E-state index contributed by atoms with van der Waals surface area (Å²) in [5.74, 6) is 0.620. The zero-order chi connectivity index (χ0) is 13.7. The molecule has 0 bridgehead atoms. The Hall–Kier alpha value is -1.55. The minimum Gasteiger partial charge on any atom is -0.497 e. The number of methoxy groups -OCH3 is 1. The lowest BCUT2D eigenvalue weighted by atomic mass is 9.78. The van der Waals surface area contributed by atoms with Gasteiger partial charge in [-0.3, -0.25) is 4.79 Å². The highest BCUT2D eigenvalue weighted by molar-refractivity contribution is 5.67. The molecule has 1 saturated carbocycles. The van der Waals surface area contributed by atoms with Crippen molar-refractivity contribution in [2.75, 3.05) is 7.11 Å². The number of benzene rings is 1. The van der Waals surface area contributed by atoms with Crippen LogP contribution in [0.2, 0.25) is 0 Å². The van der Waals surface area contributed by atoms with Crippen molar-refractivity contribution in [3.8, 4) is 5.75 Å². The van der Waals surface area contributed by atoms with Gasteiger partial charge in [0.05, 0.1) is 13.5 Å². The molecular formula is C15H21NO3. The zero-order valence-corrected chi connectivity index (χ0v) is 11.3. The van der Waals surface area contributed by atoms with Crippen LogP contribution in [0.3, 0.4) is 0 Å². The molecule has 4 heteroatoms. The summed E-state index contributed by atoms with van der Waals surface area (Å²) in [5, 5.41) is 12.4. The van der Waals surface area contributed by atoms with Crippen LogP contribution in [0.25, 0.3) is 0 Å². The second-order valence-corrected chi connectivity index (χ2v) is 5.13. The predicted molar refractivity (Wildman–Crippen MR) is 73.2 cm³/mol. The molecule has 0 heterocycles. The van der Waals surface area contributed by atoms with Gasteiger partial charge in [-0.15, -0.1) is 0 Å². The van der Waals surface area contributed by atoms with Crippen molar-refractivity contribution >= 4 is 5.97 Å². The molecule has 19 heavy (non-hydrogen) atoms. The molecule has 1 aromatic rings. The molecule has 1 aromatic carbocycles. The van der Waals surface area contributed by atoms with E-state index in [1.807, 2.05) is 24.3 Å². The van der Waals surface area contributed by atoms with E-state index in [-0.39, 0.29) is 12.5 Å². The Kier molecular flexibility index (Phi) is 4.80. The van der Waals surface area contributed by atoms with E-state index in [4.69, 9.17) is 9.84 Å². The average molecular weight is 263 g/mol. The Morgan fingerprint density at radius 2 is 2.32 bits per heavy atom. The van der Waals surface area contributed by atoms with E-state index in [0.29, 0.717) is 12.5 Å². The normalized spacial score (nSPS) is 16.7. The molecule has 1 aliphatic rings. The van der Waals surface area contributed by atoms with Crippen molar-refractivity contribution in [2.45, 2.75) is 38.3 Å². The van der Waals surface area contributed by atoms with Crippen molar-refractivity contribution in [3.63, 3.8) is 0 Å². The first kappa shape index (κ1) is 13.9. The maximum absolute atomic E-state index is 10.9. The number of hydrogen-bond donors (Lipinski definition) is 2. The van der Waals surface area contributed by atoms with Crippen LogP contribution in [-0.4, -0.2) is 24.2 Å². The number of aliphatic carboxylic acids is 1. The van der Waals surface area contributed by atoms with Crippen molar-refractivity contribution in [2.24, 2.45) is 5.92 Å². The first-order chi connectivity index (χ1) is 9.19. The summed E-state index contributed by atoms with van der Waals surface area (Å²) in [4.78, 5) is 10.9. The van der Waals surface area contributed by atoms with Gasteiger partial charge in [-0.05, 0) is 36.5 Å². The Balaban J connectivity index is 1.91. The van der Waals surface area contributed by atoms with E-state index in [0.717, 1.165) is 24.2 Å². The van der Waals surface area contributed by atoms with Crippen LogP contribution in [0.5, 0.6) is 5.75 Å². The fourth-order valence-electron chi connectivity index (χ4n) is 2.47. The third-order valence-corrected chi connectivity index (χ3v) is 3.82. The van der Waals surface area contributed by atoms with E-state index in [1.165, 1.54) is 6.42 Å². The molecule has 1 fully saturated rings. The minimum absolute atomic E-state index is 0.0810. The number of hydrogen-bond acceptors (Lipinski definition) is 3. The summed E-state index contributed by atoms with van der Waals surface area (Å²) in [6.07, 6.45) is 3.71. The van der Waals surface area contributed by atoms with Crippen LogP contribution >= 0.6 is 0 Å². The van der Waals surface area contributed by atoms with Gasteiger partial charge in [0.15, 0.2) is 0 Å². The molecule has 1 atom stereocenters. The Morgan fingerprint density at radius 1 is 1.53 bits per heavy atom. The highest BCUT2D eigenvalue weighted by atomic mass is 16.5. The summed E-state index contributed by atoms with van der Waals surface area (Å²) in [7, 11) is 1.65. The maximum Gasteiger partial charge on any atom is 0.304 e. The van der Waals surface area contributed by atoms with Gasteiger partial charge in [0.25, 0.3) is 0 Å². The number of nitrogens with one attached hydrogen (secondary N) is 1. The SMILES string of the molecule is COc1cccc(CNC(CC(=O)O)C2CCC2)c1. The minimum atomic E-state index is -0.727. The molecule has 2 rings (SSSR count). The first-order valence-electron chi connectivity index (χ1n) is 6.77. The second-order valence-electron chi connectivity index (χ2n) is 5.13. The van der Waals surface area contributed by atoms with E-state index < -0.39 is 5.97 Å². The summed E-state index contributed by atoms with van der Waals surface area (Å²) >= 11 is 0. The van der Waals surface area contributed by atoms with Crippen LogP contribution in [0, 0.1) is 5.92 Å². The molecule has 0 amide bonds. The molecule has 4 nitrogen and oxygen atoms in total. The lowest BCUT2D eigenvalue weighted by Gasteiger charge is -2.33. The van der Waals surface area contributed by atoms with Gasteiger partial charge in [-0.1, -0.05) is 18.6 Å². The topological polar surface area (TPSA) is 58.6 Å². The first-order valence-corrected chi connectivity index (χ1v) is 6.77. The van der Waals surface area contributed by atoms with Crippen LogP contribution in [0.15, 0.2) is 24.3 Å². The summed E-state index contributed by atoms with van der Waals surface area (Å²) in [5.41, 5.74) is 1.12. The summed E-state index contributed by atoms with van der Waals surface area (Å²) < 4.78 is 5.18. The Labute approximate surface area is 113 Å². The highest BCUT2D eigenvalue weighted by Crippen LogP contribution is 2.31. The van der Waals surface area contributed by atoms with Crippen LogP contribution in [0.4, 0.5) is 0 Å². The number of carbonyl (C=O) groups is 1. The monoisotopic (exact) mass is 263 g/mol. The maximum atomic E-state index is 10.9. The smallest absolute Gasteiger partial charge is 0.304 e. The molecule has 0 saturated heterocycles. The quantitative estimate of drug-likeness (QED) is 0.793. The van der Waals surface area contributed by atoms with Crippen molar-refractivity contribution < 1.29 is 14.6 Å². The number of rotatable bonds is 7. The number of carboxylic acid groups (broad SMARTS) is 1. The average Bonchev–Trinajstić information content (AvgIpc) is 2.33. The van der Waals surface area contributed by atoms with E-state index in [9.17, 15) is 4.79 Å². The van der Waals surface area contributed by atoms with Gasteiger partial charge in [-0.2, -0.15) is 0 Å². The highest BCUT2D eigenvalue weighted by Gasteiger charge is 2.28. The van der Waals surface area contributed by atoms with Crippen LogP contribution < -0.4 is 10.1 Å². The summed E-state index contributed by atoms with van der Waals surface area (Å²) in [6, 6.07) is 7.94. The molecule has 1 aliphatic carbocycles. The third-order valence-electron chi connectivity index (χ3n) is 3.82.